The molecule has 1 fully saturated rings. The Morgan fingerprint density at radius 2 is 2.20 bits per heavy atom. The van der Waals surface area contributed by atoms with Gasteiger partial charge < -0.3 is 10.6 Å². The summed E-state index contributed by atoms with van der Waals surface area (Å²) in [4.78, 5) is 13.0. The van der Waals surface area contributed by atoms with E-state index in [-0.39, 0.29) is 5.91 Å². The number of nitrogens with one attached hydrogen (secondary N) is 2. The average Bonchev–Trinajstić information content (AvgIpc) is 3.16. The summed E-state index contributed by atoms with van der Waals surface area (Å²) >= 11 is 7.74. The zero-order valence-electron chi connectivity index (χ0n) is 11.9. The Balaban J connectivity index is 1.91. The lowest BCUT2D eigenvalue weighted by Crippen LogP contribution is -2.29. The van der Waals surface area contributed by atoms with Gasteiger partial charge in [-0.15, -0.1) is 11.8 Å². The molecule has 110 valence electrons. The lowest BCUT2D eigenvalue weighted by Gasteiger charge is -2.13. The summed E-state index contributed by atoms with van der Waals surface area (Å²) in [5.74, 6) is 0.763. The van der Waals surface area contributed by atoms with Gasteiger partial charge in [0.1, 0.15) is 0 Å². The van der Waals surface area contributed by atoms with Crippen molar-refractivity contribution in [2.24, 2.45) is 5.92 Å². The fraction of sp³-hybridized carbons (Fsp3) is 0.533. The molecule has 0 radical (unpaired) electrons. The molecule has 2 rings (SSSR count). The van der Waals surface area contributed by atoms with E-state index in [9.17, 15) is 4.79 Å². The molecule has 1 aliphatic carbocycles. The normalized spacial score (nSPS) is 14.6. The third kappa shape index (κ3) is 5.35. The predicted octanol–water partition coefficient (Wildman–Crippen LogP) is 3.78. The molecule has 1 aliphatic rings. The third-order valence-corrected chi connectivity index (χ3v) is 4.31. The first-order chi connectivity index (χ1) is 9.54. The second kappa shape index (κ2) is 7.34. The molecule has 1 amide bonds. The predicted molar refractivity (Wildman–Crippen MR) is 86.7 cm³/mol. The van der Waals surface area contributed by atoms with Gasteiger partial charge in [0.2, 0.25) is 5.91 Å². The van der Waals surface area contributed by atoms with Crippen molar-refractivity contribution < 1.29 is 4.79 Å². The molecule has 0 aliphatic heterocycles. The lowest BCUT2D eigenvalue weighted by molar-refractivity contribution is -0.115. The zero-order valence-corrected chi connectivity index (χ0v) is 13.5. The molecule has 0 heterocycles. The fourth-order valence-electron chi connectivity index (χ4n) is 1.86. The number of carbonyl (C=O) groups excluding carboxylic acids is 1. The van der Waals surface area contributed by atoms with Crippen molar-refractivity contribution in [1.29, 1.82) is 0 Å². The monoisotopic (exact) mass is 312 g/mol. The minimum atomic E-state index is -0.0153. The van der Waals surface area contributed by atoms with Gasteiger partial charge in [0.05, 0.1) is 12.2 Å². The first kappa shape index (κ1) is 15.7. The van der Waals surface area contributed by atoms with Gasteiger partial charge in [-0.1, -0.05) is 25.4 Å². The highest BCUT2D eigenvalue weighted by Crippen LogP contribution is 2.32. The van der Waals surface area contributed by atoms with Crippen LogP contribution in [0.4, 0.5) is 5.69 Å². The number of rotatable bonds is 7. The Morgan fingerprint density at radius 1 is 1.45 bits per heavy atom. The van der Waals surface area contributed by atoms with Gasteiger partial charge in [-0.25, -0.2) is 0 Å². The molecule has 2 N–H and O–H groups in total. The second-order valence-electron chi connectivity index (χ2n) is 5.43. The van der Waals surface area contributed by atoms with Crippen molar-refractivity contribution in [2.75, 3.05) is 18.4 Å². The van der Waals surface area contributed by atoms with Gasteiger partial charge >= 0.3 is 0 Å². The first-order valence-electron chi connectivity index (χ1n) is 7.01. The summed E-state index contributed by atoms with van der Waals surface area (Å²) in [6.07, 6.45) is 2.58. The highest BCUT2D eigenvalue weighted by Gasteiger charge is 2.20. The van der Waals surface area contributed by atoms with Crippen molar-refractivity contribution in [3.05, 3.63) is 23.2 Å². The molecule has 0 spiro atoms. The summed E-state index contributed by atoms with van der Waals surface area (Å²) in [6, 6.07) is 5.62. The zero-order chi connectivity index (χ0) is 14.5. The van der Waals surface area contributed by atoms with E-state index in [0.717, 1.165) is 23.0 Å². The van der Waals surface area contributed by atoms with Crippen molar-refractivity contribution in [3.8, 4) is 0 Å². The number of anilines is 1. The Kier molecular flexibility index (Phi) is 5.75. The smallest absolute Gasteiger partial charge is 0.238 e. The maximum absolute atomic E-state index is 11.9. The molecule has 1 aromatic rings. The Labute approximate surface area is 129 Å². The number of hydrogen-bond donors (Lipinski definition) is 2. The fourth-order valence-corrected chi connectivity index (χ4v) is 2.93. The van der Waals surface area contributed by atoms with Crippen molar-refractivity contribution in [1.82, 2.24) is 5.32 Å². The first-order valence-corrected chi connectivity index (χ1v) is 8.27. The summed E-state index contributed by atoms with van der Waals surface area (Å²) in [6.45, 7) is 5.55. The maximum Gasteiger partial charge on any atom is 0.238 e. The minimum absolute atomic E-state index is 0.0153. The van der Waals surface area contributed by atoms with Crippen LogP contribution < -0.4 is 10.6 Å². The van der Waals surface area contributed by atoms with E-state index in [0.29, 0.717) is 16.8 Å². The topological polar surface area (TPSA) is 41.1 Å². The number of amides is 1. The lowest BCUT2D eigenvalue weighted by atomic mass is 10.3. The van der Waals surface area contributed by atoms with Gasteiger partial charge in [0, 0.05) is 15.2 Å². The van der Waals surface area contributed by atoms with Crippen LogP contribution in [0.1, 0.15) is 26.7 Å². The van der Waals surface area contributed by atoms with Crippen LogP contribution in [0.25, 0.3) is 0 Å². The van der Waals surface area contributed by atoms with Gasteiger partial charge in [-0.3, -0.25) is 4.79 Å². The Hall–Kier alpha value is -0.710. The number of carbonyl (C=O) groups is 1. The quantitative estimate of drug-likeness (QED) is 0.753. The second-order valence-corrected chi connectivity index (χ2v) is 7.48. The maximum atomic E-state index is 11.9. The van der Waals surface area contributed by atoms with Crippen molar-refractivity contribution in [2.45, 2.75) is 36.8 Å². The van der Waals surface area contributed by atoms with E-state index in [4.69, 9.17) is 11.6 Å². The standard InChI is InChI=1S/C15H21ClN2OS/c1-10(2)20-14-6-5-12(16)7-13(14)18-15(19)9-17-8-11-3-4-11/h5-7,10-11,17H,3-4,8-9H2,1-2H3,(H,18,19). The van der Waals surface area contributed by atoms with Crippen LogP contribution in [0.5, 0.6) is 0 Å². The summed E-state index contributed by atoms with van der Waals surface area (Å²) in [5, 5.41) is 7.23. The molecule has 0 bridgehead atoms. The van der Waals surface area contributed by atoms with Crippen LogP contribution in [0.15, 0.2) is 23.1 Å². The molecule has 1 saturated carbocycles. The van der Waals surface area contributed by atoms with Crippen LogP contribution >= 0.6 is 23.4 Å². The molecule has 0 atom stereocenters. The van der Waals surface area contributed by atoms with E-state index in [1.54, 1.807) is 11.8 Å². The summed E-state index contributed by atoms with van der Waals surface area (Å²) < 4.78 is 0. The summed E-state index contributed by atoms with van der Waals surface area (Å²) in [5.41, 5.74) is 0.800. The van der Waals surface area contributed by atoms with Crippen molar-refractivity contribution in [3.63, 3.8) is 0 Å². The molecule has 1 aromatic carbocycles. The van der Waals surface area contributed by atoms with Crippen LogP contribution in [-0.2, 0) is 4.79 Å². The molecular formula is C15H21ClN2OS. The molecule has 3 nitrogen and oxygen atoms in total. The number of thioether (sulfide) groups is 1. The van der Waals surface area contributed by atoms with Crippen LogP contribution in [0, 0.1) is 5.92 Å². The number of benzene rings is 1. The van der Waals surface area contributed by atoms with Gasteiger partial charge in [0.25, 0.3) is 0 Å². The van der Waals surface area contributed by atoms with E-state index >= 15 is 0 Å². The molecule has 5 heteroatoms. The minimum Gasteiger partial charge on any atom is -0.324 e. The van der Waals surface area contributed by atoms with Crippen LogP contribution in [0.2, 0.25) is 5.02 Å². The van der Waals surface area contributed by atoms with Crippen LogP contribution in [-0.4, -0.2) is 24.2 Å². The SMILES string of the molecule is CC(C)Sc1ccc(Cl)cc1NC(=O)CNCC1CC1. The van der Waals surface area contributed by atoms with E-state index in [1.807, 2.05) is 18.2 Å². The van der Waals surface area contributed by atoms with Crippen LogP contribution in [0.3, 0.4) is 0 Å². The molecule has 20 heavy (non-hydrogen) atoms. The Bertz CT molecular complexity index is 475. The highest BCUT2D eigenvalue weighted by atomic mass is 35.5. The van der Waals surface area contributed by atoms with Gasteiger partial charge in [-0.05, 0) is 43.5 Å². The number of hydrogen-bond acceptors (Lipinski definition) is 3. The average molecular weight is 313 g/mol. The van der Waals surface area contributed by atoms with E-state index in [2.05, 4.69) is 24.5 Å². The third-order valence-electron chi connectivity index (χ3n) is 2.99. The van der Waals surface area contributed by atoms with Crippen molar-refractivity contribution >= 4 is 35.0 Å². The highest BCUT2D eigenvalue weighted by molar-refractivity contribution is 8.00. The molecule has 0 aromatic heterocycles. The molecule has 0 saturated heterocycles. The van der Waals surface area contributed by atoms with Gasteiger partial charge in [0.15, 0.2) is 0 Å². The largest absolute Gasteiger partial charge is 0.324 e. The molecule has 0 unspecified atom stereocenters. The molecular weight excluding hydrogens is 292 g/mol. The Morgan fingerprint density at radius 3 is 2.85 bits per heavy atom. The number of halogens is 1. The van der Waals surface area contributed by atoms with Gasteiger partial charge in [-0.2, -0.15) is 0 Å². The van der Waals surface area contributed by atoms with E-state index in [1.165, 1.54) is 12.8 Å². The van der Waals surface area contributed by atoms with E-state index < -0.39 is 0 Å². The summed E-state index contributed by atoms with van der Waals surface area (Å²) in [7, 11) is 0.